The van der Waals surface area contributed by atoms with Gasteiger partial charge in [0.2, 0.25) is 5.79 Å². The second-order valence-electron chi connectivity index (χ2n) is 2.97. The second kappa shape index (κ2) is 4.80. The fourth-order valence-electron chi connectivity index (χ4n) is 0.893. The summed E-state index contributed by atoms with van der Waals surface area (Å²) < 4.78 is 10.2. The molecule has 0 N–H and O–H groups in total. The number of hydrogen-bond donors (Lipinski definition) is 0. The zero-order chi connectivity index (χ0) is 10.4. The van der Waals surface area contributed by atoms with E-state index in [0.29, 0.717) is 0 Å². The van der Waals surface area contributed by atoms with Gasteiger partial charge in [0.25, 0.3) is 0 Å². The standard InChI is InChI=1S/C12H14O2/c1-12(13-2,14-3)10-9-11-7-5-4-6-8-11/h4-8H,1-3H3. The van der Waals surface area contributed by atoms with Gasteiger partial charge in [0.15, 0.2) is 0 Å². The molecule has 0 saturated carbocycles. The molecular formula is C12H14O2. The molecule has 0 amide bonds. The van der Waals surface area contributed by atoms with Crippen molar-refractivity contribution in [3.05, 3.63) is 35.9 Å². The molecule has 2 heteroatoms. The van der Waals surface area contributed by atoms with Crippen molar-refractivity contribution in [2.45, 2.75) is 12.7 Å². The Morgan fingerprint density at radius 2 is 1.64 bits per heavy atom. The van der Waals surface area contributed by atoms with Crippen LogP contribution in [-0.4, -0.2) is 20.0 Å². The van der Waals surface area contributed by atoms with Crippen molar-refractivity contribution < 1.29 is 9.47 Å². The van der Waals surface area contributed by atoms with Gasteiger partial charge in [-0.25, -0.2) is 0 Å². The molecule has 0 atom stereocenters. The summed E-state index contributed by atoms with van der Waals surface area (Å²) in [5.41, 5.74) is 0.952. The fraction of sp³-hybridized carbons (Fsp3) is 0.333. The van der Waals surface area contributed by atoms with Gasteiger partial charge in [-0.3, -0.25) is 0 Å². The van der Waals surface area contributed by atoms with Crippen molar-refractivity contribution >= 4 is 0 Å². The Bertz CT molecular complexity index is 328. The van der Waals surface area contributed by atoms with E-state index in [0.717, 1.165) is 5.56 Å². The maximum atomic E-state index is 5.11. The van der Waals surface area contributed by atoms with Gasteiger partial charge >= 0.3 is 0 Å². The number of hydrogen-bond acceptors (Lipinski definition) is 2. The molecule has 0 radical (unpaired) electrons. The van der Waals surface area contributed by atoms with Gasteiger partial charge in [-0.05, 0) is 18.1 Å². The molecule has 0 bridgehead atoms. The Labute approximate surface area is 84.8 Å². The van der Waals surface area contributed by atoms with Crippen molar-refractivity contribution in [1.29, 1.82) is 0 Å². The molecule has 0 saturated heterocycles. The van der Waals surface area contributed by atoms with Crippen molar-refractivity contribution in [2.75, 3.05) is 14.2 Å². The van der Waals surface area contributed by atoms with Crippen molar-refractivity contribution in [1.82, 2.24) is 0 Å². The molecule has 0 aliphatic heterocycles. The van der Waals surface area contributed by atoms with E-state index in [9.17, 15) is 0 Å². The van der Waals surface area contributed by atoms with E-state index in [4.69, 9.17) is 9.47 Å². The van der Waals surface area contributed by atoms with Crippen LogP contribution in [0.25, 0.3) is 0 Å². The minimum absolute atomic E-state index is 0.824. The molecule has 0 heterocycles. The highest BCUT2D eigenvalue weighted by Gasteiger charge is 2.18. The predicted octanol–water partition coefficient (Wildman–Crippen LogP) is 2.05. The highest BCUT2D eigenvalue weighted by atomic mass is 16.7. The molecule has 0 aromatic heterocycles. The van der Waals surface area contributed by atoms with E-state index in [1.807, 2.05) is 30.3 Å². The van der Waals surface area contributed by atoms with Gasteiger partial charge in [-0.15, -0.1) is 0 Å². The summed E-state index contributed by atoms with van der Waals surface area (Å²) in [5, 5.41) is 0. The third-order valence-electron chi connectivity index (χ3n) is 1.99. The summed E-state index contributed by atoms with van der Waals surface area (Å²) in [7, 11) is 3.15. The van der Waals surface area contributed by atoms with Gasteiger partial charge < -0.3 is 9.47 Å². The largest absolute Gasteiger partial charge is 0.343 e. The molecule has 1 rings (SSSR count). The summed E-state index contributed by atoms with van der Waals surface area (Å²) in [4.78, 5) is 0. The number of rotatable bonds is 2. The summed E-state index contributed by atoms with van der Waals surface area (Å²) in [6.07, 6.45) is 0. The van der Waals surface area contributed by atoms with Gasteiger partial charge in [-0.1, -0.05) is 24.1 Å². The molecule has 1 aromatic carbocycles. The van der Waals surface area contributed by atoms with E-state index in [1.165, 1.54) is 0 Å². The smallest absolute Gasteiger partial charge is 0.230 e. The van der Waals surface area contributed by atoms with E-state index in [2.05, 4.69) is 11.8 Å². The average Bonchev–Trinajstić information content (AvgIpc) is 2.27. The summed E-state index contributed by atoms with van der Waals surface area (Å²) in [6, 6.07) is 9.73. The molecule has 74 valence electrons. The van der Waals surface area contributed by atoms with Gasteiger partial charge in [0.05, 0.1) is 0 Å². The second-order valence-corrected chi connectivity index (χ2v) is 2.97. The van der Waals surface area contributed by atoms with Crippen LogP contribution < -0.4 is 0 Å². The van der Waals surface area contributed by atoms with Crippen LogP contribution in [0.2, 0.25) is 0 Å². The van der Waals surface area contributed by atoms with Crippen LogP contribution in [-0.2, 0) is 9.47 Å². The van der Waals surface area contributed by atoms with Crippen LogP contribution in [0.3, 0.4) is 0 Å². The zero-order valence-corrected chi connectivity index (χ0v) is 8.70. The maximum Gasteiger partial charge on any atom is 0.230 e. The minimum atomic E-state index is -0.824. The van der Waals surface area contributed by atoms with Crippen molar-refractivity contribution in [3.63, 3.8) is 0 Å². The molecule has 0 spiro atoms. The highest BCUT2D eigenvalue weighted by Crippen LogP contribution is 2.08. The van der Waals surface area contributed by atoms with Crippen LogP contribution in [0, 0.1) is 11.8 Å². The van der Waals surface area contributed by atoms with Gasteiger partial charge in [0, 0.05) is 26.7 Å². The molecule has 0 aliphatic carbocycles. The van der Waals surface area contributed by atoms with Crippen molar-refractivity contribution in [2.24, 2.45) is 0 Å². The molecule has 0 fully saturated rings. The number of benzene rings is 1. The number of methoxy groups -OCH3 is 2. The topological polar surface area (TPSA) is 18.5 Å². The lowest BCUT2D eigenvalue weighted by molar-refractivity contribution is -0.148. The Balaban J connectivity index is 2.82. The SMILES string of the molecule is COC(C)(C#Cc1ccccc1)OC. The maximum absolute atomic E-state index is 5.11. The van der Waals surface area contributed by atoms with Crippen LogP contribution >= 0.6 is 0 Å². The normalized spacial score (nSPS) is 10.5. The van der Waals surface area contributed by atoms with Gasteiger partial charge in [0.1, 0.15) is 0 Å². The van der Waals surface area contributed by atoms with Crippen LogP contribution in [0.1, 0.15) is 12.5 Å². The molecule has 1 aromatic rings. The Kier molecular flexibility index (Phi) is 3.70. The van der Waals surface area contributed by atoms with Crippen LogP contribution in [0.4, 0.5) is 0 Å². The summed E-state index contributed by atoms with van der Waals surface area (Å²) in [6.45, 7) is 1.78. The third-order valence-corrected chi connectivity index (χ3v) is 1.99. The lowest BCUT2D eigenvalue weighted by Gasteiger charge is -2.18. The number of ether oxygens (including phenoxy) is 2. The lowest BCUT2D eigenvalue weighted by Crippen LogP contribution is -2.27. The quantitative estimate of drug-likeness (QED) is 0.525. The average molecular weight is 190 g/mol. The lowest BCUT2D eigenvalue weighted by atomic mass is 10.2. The first kappa shape index (κ1) is 10.8. The third kappa shape index (κ3) is 2.88. The molecular weight excluding hydrogens is 176 g/mol. The molecule has 2 nitrogen and oxygen atoms in total. The first-order valence-corrected chi connectivity index (χ1v) is 4.39. The van der Waals surface area contributed by atoms with E-state index >= 15 is 0 Å². The Hall–Kier alpha value is -1.30. The Morgan fingerprint density at radius 1 is 1.07 bits per heavy atom. The van der Waals surface area contributed by atoms with Gasteiger partial charge in [-0.2, -0.15) is 0 Å². The summed E-state index contributed by atoms with van der Waals surface area (Å²) >= 11 is 0. The first-order chi connectivity index (χ1) is 6.70. The molecule has 14 heavy (non-hydrogen) atoms. The zero-order valence-electron chi connectivity index (χ0n) is 8.70. The van der Waals surface area contributed by atoms with E-state index in [1.54, 1.807) is 21.1 Å². The molecule has 0 unspecified atom stereocenters. The predicted molar refractivity (Wildman–Crippen MR) is 55.7 cm³/mol. The fourth-order valence-corrected chi connectivity index (χ4v) is 0.893. The highest BCUT2D eigenvalue weighted by molar-refractivity contribution is 5.35. The summed E-state index contributed by atoms with van der Waals surface area (Å²) in [5.74, 6) is 5.08. The molecule has 0 aliphatic rings. The monoisotopic (exact) mass is 190 g/mol. The van der Waals surface area contributed by atoms with E-state index < -0.39 is 5.79 Å². The Morgan fingerprint density at radius 3 is 2.14 bits per heavy atom. The van der Waals surface area contributed by atoms with Crippen molar-refractivity contribution in [3.8, 4) is 11.8 Å². The van der Waals surface area contributed by atoms with E-state index in [-0.39, 0.29) is 0 Å². The van der Waals surface area contributed by atoms with Crippen LogP contribution in [0.15, 0.2) is 30.3 Å². The van der Waals surface area contributed by atoms with Crippen LogP contribution in [0.5, 0.6) is 0 Å². The minimum Gasteiger partial charge on any atom is -0.343 e. The first-order valence-electron chi connectivity index (χ1n) is 4.39.